The normalized spacial score (nSPS) is 16.7. The van der Waals surface area contributed by atoms with Crippen molar-refractivity contribution in [2.24, 2.45) is 5.92 Å². The first-order valence-electron chi connectivity index (χ1n) is 8.11. The van der Waals surface area contributed by atoms with Crippen molar-refractivity contribution >= 4 is 46.6 Å². The van der Waals surface area contributed by atoms with Crippen LogP contribution in [-0.4, -0.2) is 31.7 Å². The van der Waals surface area contributed by atoms with Gasteiger partial charge in [0, 0.05) is 22.9 Å². The molecule has 0 spiro atoms. The van der Waals surface area contributed by atoms with Gasteiger partial charge in [-0.15, -0.1) is 11.8 Å². The second-order valence-electron chi connectivity index (χ2n) is 5.91. The van der Waals surface area contributed by atoms with E-state index in [1.165, 1.54) is 7.11 Å². The number of hydrogen-bond acceptors (Lipinski definition) is 4. The number of benzene rings is 2. The number of halogens is 1. The Morgan fingerprint density at radius 2 is 2.08 bits per heavy atom. The molecule has 0 aliphatic carbocycles. The third-order valence-electron chi connectivity index (χ3n) is 4.29. The predicted molar refractivity (Wildman–Crippen MR) is 105 cm³/mol. The molecule has 1 atom stereocenters. The van der Waals surface area contributed by atoms with E-state index in [2.05, 4.69) is 5.32 Å². The molecule has 1 unspecified atom stereocenters. The van der Waals surface area contributed by atoms with E-state index in [1.54, 1.807) is 34.9 Å². The van der Waals surface area contributed by atoms with Crippen molar-refractivity contribution in [1.29, 1.82) is 0 Å². The zero-order valence-electron chi connectivity index (χ0n) is 14.5. The number of rotatable bonds is 5. The van der Waals surface area contributed by atoms with Crippen molar-refractivity contribution in [2.45, 2.75) is 11.3 Å². The zero-order chi connectivity index (χ0) is 18.7. The Labute approximate surface area is 161 Å². The number of nitrogens with one attached hydrogen (secondary N) is 1. The van der Waals surface area contributed by atoms with Crippen LogP contribution in [-0.2, 0) is 9.59 Å². The molecular weight excluding hydrogens is 372 g/mol. The number of anilines is 2. The maximum Gasteiger partial charge on any atom is 0.229 e. The van der Waals surface area contributed by atoms with Crippen LogP contribution in [0, 0.1) is 5.92 Å². The summed E-state index contributed by atoms with van der Waals surface area (Å²) in [6, 6.07) is 12.7. The summed E-state index contributed by atoms with van der Waals surface area (Å²) in [7, 11) is 1.54. The van der Waals surface area contributed by atoms with Crippen LogP contribution in [0.3, 0.4) is 0 Å². The summed E-state index contributed by atoms with van der Waals surface area (Å²) in [5.74, 6) is -0.162. The lowest BCUT2D eigenvalue weighted by molar-refractivity contribution is -0.122. The number of carbonyl (C=O) groups is 2. The largest absolute Gasteiger partial charge is 0.495 e. The summed E-state index contributed by atoms with van der Waals surface area (Å²) in [5, 5.41) is 3.45. The summed E-state index contributed by atoms with van der Waals surface area (Å²) in [6.07, 6.45) is 2.11. The molecule has 3 rings (SSSR count). The number of thioether (sulfide) groups is 1. The number of methoxy groups -OCH3 is 1. The average molecular weight is 391 g/mol. The molecule has 0 radical (unpaired) electrons. The van der Waals surface area contributed by atoms with Gasteiger partial charge in [-0.05, 0) is 36.6 Å². The molecule has 136 valence electrons. The van der Waals surface area contributed by atoms with Gasteiger partial charge in [0.1, 0.15) is 5.75 Å². The minimum Gasteiger partial charge on any atom is -0.495 e. The number of hydrogen-bond donors (Lipinski definition) is 1. The number of carbonyl (C=O) groups excluding carboxylic acids is 2. The van der Waals surface area contributed by atoms with Crippen LogP contribution in [0.4, 0.5) is 11.4 Å². The highest BCUT2D eigenvalue weighted by Gasteiger charge is 2.36. The van der Waals surface area contributed by atoms with E-state index in [9.17, 15) is 9.59 Å². The van der Waals surface area contributed by atoms with Gasteiger partial charge in [-0.2, -0.15) is 0 Å². The monoisotopic (exact) mass is 390 g/mol. The van der Waals surface area contributed by atoms with Gasteiger partial charge in [-0.25, -0.2) is 0 Å². The molecule has 1 heterocycles. The van der Waals surface area contributed by atoms with Crippen LogP contribution in [0.15, 0.2) is 47.4 Å². The van der Waals surface area contributed by atoms with E-state index in [0.717, 1.165) is 10.6 Å². The summed E-state index contributed by atoms with van der Waals surface area (Å²) >= 11 is 7.63. The molecule has 1 aliphatic heterocycles. The van der Waals surface area contributed by atoms with E-state index in [1.807, 2.05) is 30.5 Å². The second kappa shape index (κ2) is 8.01. The van der Waals surface area contributed by atoms with Crippen LogP contribution in [0.25, 0.3) is 0 Å². The van der Waals surface area contributed by atoms with Gasteiger partial charge in [-0.1, -0.05) is 23.7 Å². The quantitative estimate of drug-likeness (QED) is 0.782. The summed E-state index contributed by atoms with van der Waals surface area (Å²) in [6.45, 7) is 0.294. The maximum absolute atomic E-state index is 12.7. The SMILES string of the molecule is COc1ccc(Cl)cc1N1CC(C(=O)Nc2ccccc2SC)CC1=O. The third-order valence-corrected chi connectivity index (χ3v) is 5.32. The summed E-state index contributed by atoms with van der Waals surface area (Å²) in [5.41, 5.74) is 1.35. The molecule has 1 fully saturated rings. The lowest BCUT2D eigenvalue weighted by Crippen LogP contribution is -2.28. The first-order valence-corrected chi connectivity index (χ1v) is 9.71. The van der Waals surface area contributed by atoms with Gasteiger partial charge in [0.15, 0.2) is 0 Å². The lowest BCUT2D eigenvalue weighted by atomic mass is 10.1. The van der Waals surface area contributed by atoms with Gasteiger partial charge in [0.2, 0.25) is 11.8 Å². The molecule has 26 heavy (non-hydrogen) atoms. The van der Waals surface area contributed by atoms with Crippen molar-refractivity contribution in [1.82, 2.24) is 0 Å². The molecule has 0 aromatic heterocycles. The highest BCUT2D eigenvalue weighted by Crippen LogP contribution is 2.35. The standard InChI is InChI=1S/C19H19ClN2O3S/c1-25-16-8-7-13(20)10-15(16)22-11-12(9-18(22)23)19(24)21-14-5-3-4-6-17(14)26-2/h3-8,10,12H,9,11H2,1-2H3,(H,21,24). The molecule has 1 saturated heterocycles. The van der Waals surface area contributed by atoms with E-state index in [4.69, 9.17) is 16.3 Å². The molecule has 2 aromatic carbocycles. The van der Waals surface area contributed by atoms with Gasteiger partial charge >= 0.3 is 0 Å². The van der Waals surface area contributed by atoms with Crippen molar-refractivity contribution in [2.75, 3.05) is 30.1 Å². The topological polar surface area (TPSA) is 58.6 Å². The van der Waals surface area contributed by atoms with Crippen LogP contribution >= 0.6 is 23.4 Å². The Morgan fingerprint density at radius 3 is 2.81 bits per heavy atom. The molecular formula is C19H19ClN2O3S. The van der Waals surface area contributed by atoms with Crippen molar-refractivity contribution < 1.29 is 14.3 Å². The highest BCUT2D eigenvalue weighted by atomic mass is 35.5. The fourth-order valence-corrected chi connectivity index (χ4v) is 3.69. The Bertz CT molecular complexity index is 843. The van der Waals surface area contributed by atoms with Crippen LogP contribution < -0.4 is 15.0 Å². The number of para-hydroxylation sites is 1. The third kappa shape index (κ3) is 3.81. The first kappa shape index (κ1) is 18.6. The highest BCUT2D eigenvalue weighted by molar-refractivity contribution is 7.98. The first-order chi connectivity index (χ1) is 12.5. The smallest absolute Gasteiger partial charge is 0.229 e. The van der Waals surface area contributed by atoms with E-state index in [0.29, 0.717) is 23.0 Å². The Morgan fingerprint density at radius 1 is 1.31 bits per heavy atom. The Kier molecular flexibility index (Phi) is 5.74. The van der Waals surface area contributed by atoms with Gasteiger partial charge in [0.25, 0.3) is 0 Å². The van der Waals surface area contributed by atoms with Crippen LogP contribution in [0.5, 0.6) is 5.75 Å². The van der Waals surface area contributed by atoms with Crippen LogP contribution in [0.2, 0.25) is 5.02 Å². The molecule has 2 aromatic rings. The molecule has 1 aliphatic rings. The van der Waals surface area contributed by atoms with Gasteiger partial charge in [0.05, 0.1) is 24.4 Å². The Balaban J connectivity index is 1.77. The average Bonchev–Trinajstić information content (AvgIpc) is 3.04. The fourth-order valence-electron chi connectivity index (χ4n) is 2.97. The van der Waals surface area contributed by atoms with E-state index in [-0.39, 0.29) is 18.2 Å². The summed E-state index contributed by atoms with van der Waals surface area (Å²) < 4.78 is 5.33. The number of amides is 2. The van der Waals surface area contributed by atoms with Gasteiger partial charge < -0.3 is 15.0 Å². The van der Waals surface area contributed by atoms with Gasteiger partial charge in [-0.3, -0.25) is 9.59 Å². The minimum absolute atomic E-state index is 0.121. The minimum atomic E-state index is -0.430. The molecule has 5 nitrogen and oxygen atoms in total. The number of ether oxygens (including phenoxy) is 1. The molecule has 2 amide bonds. The second-order valence-corrected chi connectivity index (χ2v) is 7.20. The molecule has 1 N–H and O–H groups in total. The van der Waals surface area contributed by atoms with E-state index < -0.39 is 5.92 Å². The maximum atomic E-state index is 12.7. The molecule has 0 bridgehead atoms. The van der Waals surface area contributed by atoms with Crippen molar-refractivity contribution in [3.63, 3.8) is 0 Å². The molecule has 7 heteroatoms. The van der Waals surface area contributed by atoms with E-state index >= 15 is 0 Å². The fraction of sp³-hybridized carbons (Fsp3) is 0.263. The predicted octanol–water partition coefficient (Wildman–Crippen LogP) is 4.06. The zero-order valence-corrected chi connectivity index (χ0v) is 16.1. The van der Waals surface area contributed by atoms with Crippen molar-refractivity contribution in [3.8, 4) is 5.75 Å². The number of nitrogens with zero attached hydrogens (tertiary/aromatic N) is 1. The van der Waals surface area contributed by atoms with Crippen molar-refractivity contribution in [3.05, 3.63) is 47.5 Å². The lowest BCUT2D eigenvalue weighted by Gasteiger charge is -2.20. The molecule has 0 saturated carbocycles. The van der Waals surface area contributed by atoms with Crippen LogP contribution in [0.1, 0.15) is 6.42 Å². The summed E-state index contributed by atoms with van der Waals surface area (Å²) in [4.78, 5) is 27.7. The Hall–Kier alpha value is -2.18.